The zero-order valence-corrected chi connectivity index (χ0v) is 27.4. The Hall–Kier alpha value is -0.140. The van der Waals surface area contributed by atoms with E-state index in [1.807, 2.05) is 0 Å². The fourth-order valence-corrected chi connectivity index (χ4v) is 8.66. The predicted molar refractivity (Wildman–Crippen MR) is 164 cm³/mol. The van der Waals surface area contributed by atoms with Gasteiger partial charge in [-0.25, -0.2) is 4.89 Å². The van der Waals surface area contributed by atoms with Gasteiger partial charge in [0.05, 0.1) is 37.3 Å². The first-order valence-electron chi connectivity index (χ1n) is 15.6. The number of hydrogen-bond acceptors (Lipinski definition) is 8. The van der Waals surface area contributed by atoms with Crippen LogP contribution in [-0.4, -0.2) is 88.0 Å². The van der Waals surface area contributed by atoms with Gasteiger partial charge in [0.15, 0.2) is 0 Å². The van der Waals surface area contributed by atoms with Crippen molar-refractivity contribution in [1.82, 2.24) is 10.8 Å². The van der Waals surface area contributed by atoms with E-state index in [2.05, 4.69) is 15.7 Å². The SMILES string of the molecule is O=C(O)C1C(Cl)CCC(Cl)C1C(=O)NC1CCC(OCOC2CCC(NOCC3C(Cl)CCC(Cl)C3COO)CC2)CC1. The quantitative estimate of drug-likeness (QED) is 0.0879. The van der Waals surface area contributed by atoms with Crippen molar-refractivity contribution < 1.29 is 39.2 Å². The van der Waals surface area contributed by atoms with E-state index in [9.17, 15) is 14.7 Å². The van der Waals surface area contributed by atoms with Crippen molar-refractivity contribution in [2.75, 3.05) is 20.0 Å². The molecule has 0 saturated heterocycles. The second kappa shape index (κ2) is 17.7. The Kier molecular flexibility index (Phi) is 14.7. The number of carbonyl (C=O) groups excluding carboxylic acids is 1. The summed E-state index contributed by atoms with van der Waals surface area (Å²) in [6, 6.07) is 0.192. The van der Waals surface area contributed by atoms with Gasteiger partial charge in [-0.2, -0.15) is 5.48 Å². The smallest absolute Gasteiger partial charge is 0.308 e. The summed E-state index contributed by atoms with van der Waals surface area (Å²) >= 11 is 25.6. The average Bonchev–Trinajstić information content (AvgIpc) is 2.99. The summed E-state index contributed by atoms with van der Waals surface area (Å²) in [5, 5.41) is 20.3. The number of ether oxygens (including phenoxy) is 2. The van der Waals surface area contributed by atoms with Crippen LogP contribution in [0.3, 0.4) is 0 Å². The highest BCUT2D eigenvalue weighted by Crippen LogP contribution is 2.39. The highest BCUT2D eigenvalue weighted by atomic mass is 35.5. The van der Waals surface area contributed by atoms with Crippen LogP contribution in [0.2, 0.25) is 0 Å². The molecule has 4 rings (SSSR count). The molecule has 4 saturated carbocycles. The number of hydrogen-bond donors (Lipinski definition) is 4. The van der Waals surface area contributed by atoms with Gasteiger partial charge >= 0.3 is 5.97 Å². The van der Waals surface area contributed by atoms with E-state index in [-0.39, 0.29) is 66.2 Å². The van der Waals surface area contributed by atoms with Crippen molar-refractivity contribution >= 4 is 58.3 Å². The van der Waals surface area contributed by atoms with Crippen LogP contribution in [-0.2, 0) is 28.8 Å². The van der Waals surface area contributed by atoms with E-state index >= 15 is 0 Å². The zero-order chi connectivity index (χ0) is 30.9. The Morgan fingerprint density at radius 3 is 1.67 bits per heavy atom. The van der Waals surface area contributed by atoms with E-state index < -0.39 is 28.6 Å². The number of nitrogens with one attached hydrogen (secondary N) is 2. The Labute approximate surface area is 273 Å². The summed E-state index contributed by atoms with van der Waals surface area (Å²) in [7, 11) is 0. The van der Waals surface area contributed by atoms with Crippen LogP contribution in [0.1, 0.15) is 77.0 Å². The molecule has 0 heterocycles. The molecule has 14 heteroatoms. The van der Waals surface area contributed by atoms with Gasteiger partial charge in [0.25, 0.3) is 0 Å². The molecule has 8 atom stereocenters. The number of rotatable bonds is 13. The minimum atomic E-state index is -1.07. The molecular weight excluding hydrogens is 646 g/mol. The maximum atomic E-state index is 13.0. The molecule has 10 nitrogen and oxygen atoms in total. The molecule has 4 N–H and O–H groups in total. The topological polar surface area (TPSA) is 136 Å². The van der Waals surface area contributed by atoms with Crippen molar-refractivity contribution in [2.24, 2.45) is 23.7 Å². The largest absolute Gasteiger partial charge is 0.481 e. The highest BCUT2D eigenvalue weighted by molar-refractivity contribution is 6.25. The summed E-state index contributed by atoms with van der Waals surface area (Å²) in [6.07, 6.45) is 9.54. The summed E-state index contributed by atoms with van der Waals surface area (Å²) in [5.74, 6) is -3.26. The number of carboxylic acids is 1. The lowest BCUT2D eigenvalue weighted by Crippen LogP contribution is -2.51. The molecule has 4 aliphatic carbocycles. The van der Waals surface area contributed by atoms with E-state index in [4.69, 9.17) is 66.0 Å². The first-order valence-corrected chi connectivity index (χ1v) is 17.4. The molecule has 248 valence electrons. The average molecular weight is 693 g/mol. The summed E-state index contributed by atoms with van der Waals surface area (Å²) in [6.45, 7) is 0.793. The van der Waals surface area contributed by atoms with Crippen LogP contribution in [0.5, 0.6) is 0 Å². The van der Waals surface area contributed by atoms with Gasteiger partial charge in [0, 0.05) is 45.4 Å². The Morgan fingerprint density at radius 2 is 1.14 bits per heavy atom. The summed E-state index contributed by atoms with van der Waals surface area (Å²) in [4.78, 5) is 35.0. The second-order valence-corrected chi connectivity index (χ2v) is 14.8. The lowest BCUT2D eigenvalue weighted by atomic mass is 9.77. The fourth-order valence-electron chi connectivity index (χ4n) is 7.10. The van der Waals surface area contributed by atoms with Crippen molar-refractivity contribution in [3.8, 4) is 0 Å². The van der Waals surface area contributed by atoms with Gasteiger partial charge < -0.3 is 24.7 Å². The van der Waals surface area contributed by atoms with E-state index in [0.717, 1.165) is 64.2 Å². The first-order chi connectivity index (χ1) is 20.7. The Bertz CT molecular complexity index is 877. The van der Waals surface area contributed by atoms with Gasteiger partial charge in [-0.3, -0.25) is 14.8 Å². The van der Waals surface area contributed by atoms with Gasteiger partial charge in [0.1, 0.15) is 6.79 Å². The Balaban J connectivity index is 1.07. The van der Waals surface area contributed by atoms with Crippen LogP contribution in [0.4, 0.5) is 0 Å². The molecule has 0 aliphatic heterocycles. The molecule has 8 unspecified atom stereocenters. The molecule has 0 aromatic carbocycles. The predicted octanol–water partition coefficient (Wildman–Crippen LogP) is 5.29. The third-order valence-electron chi connectivity index (χ3n) is 9.76. The summed E-state index contributed by atoms with van der Waals surface area (Å²) < 4.78 is 12.0. The molecular formula is C29H46Cl4N2O8. The van der Waals surface area contributed by atoms with Crippen LogP contribution in [0.25, 0.3) is 0 Å². The molecule has 0 bridgehead atoms. The number of carbonyl (C=O) groups is 2. The number of hydroxylamine groups is 1. The lowest BCUT2D eigenvalue weighted by molar-refractivity contribution is -0.256. The molecule has 0 radical (unpaired) electrons. The third kappa shape index (κ3) is 10.2. The minimum absolute atomic E-state index is 0.00134. The van der Waals surface area contributed by atoms with Crippen LogP contribution in [0, 0.1) is 23.7 Å². The van der Waals surface area contributed by atoms with Crippen molar-refractivity contribution in [2.45, 2.75) is 123 Å². The molecule has 0 aromatic rings. The van der Waals surface area contributed by atoms with Crippen LogP contribution >= 0.6 is 46.4 Å². The number of aliphatic carboxylic acids is 1. The fraction of sp³-hybridized carbons (Fsp3) is 0.931. The van der Waals surface area contributed by atoms with E-state index in [0.29, 0.717) is 19.4 Å². The standard InChI is InChI=1S/C29H46Cl4N2O8/c30-22-9-10-23(31)21(14-43-39)20(22)13-42-35-17-3-7-19(8-4-17)41-15-40-18-5-1-16(2-6-18)34-28(36)26-24(32)11-12-25(33)27(26)29(37)38/h16-27,35,39H,1-15H2,(H,34,36)(H,37,38). The highest BCUT2D eigenvalue weighted by Gasteiger charge is 2.47. The van der Waals surface area contributed by atoms with Crippen LogP contribution in [0.15, 0.2) is 0 Å². The summed E-state index contributed by atoms with van der Waals surface area (Å²) in [5.41, 5.74) is 3.18. The third-order valence-corrected chi connectivity index (χ3v) is 11.8. The molecule has 43 heavy (non-hydrogen) atoms. The normalized spacial score (nSPS) is 40.6. The number of halogens is 4. The van der Waals surface area contributed by atoms with E-state index in [1.165, 1.54) is 0 Å². The number of alkyl halides is 4. The maximum absolute atomic E-state index is 13.0. The molecule has 0 spiro atoms. The molecule has 4 aliphatic rings. The lowest BCUT2D eigenvalue weighted by Gasteiger charge is -2.38. The maximum Gasteiger partial charge on any atom is 0.308 e. The molecule has 0 aromatic heterocycles. The number of carboxylic acid groups (broad SMARTS) is 1. The van der Waals surface area contributed by atoms with Crippen molar-refractivity contribution in [3.63, 3.8) is 0 Å². The van der Waals surface area contributed by atoms with Crippen molar-refractivity contribution in [3.05, 3.63) is 0 Å². The second-order valence-electron chi connectivity index (χ2n) is 12.6. The van der Waals surface area contributed by atoms with Gasteiger partial charge in [-0.1, -0.05) is 0 Å². The Morgan fingerprint density at radius 1 is 0.651 bits per heavy atom. The van der Waals surface area contributed by atoms with Gasteiger partial charge in [0.2, 0.25) is 5.91 Å². The zero-order valence-electron chi connectivity index (χ0n) is 24.4. The van der Waals surface area contributed by atoms with Crippen molar-refractivity contribution in [1.29, 1.82) is 0 Å². The van der Waals surface area contributed by atoms with Crippen LogP contribution < -0.4 is 10.8 Å². The van der Waals surface area contributed by atoms with E-state index in [1.54, 1.807) is 0 Å². The molecule has 1 amide bonds. The van der Waals surface area contributed by atoms with Gasteiger partial charge in [-0.05, 0) is 77.0 Å². The minimum Gasteiger partial charge on any atom is -0.481 e. The van der Waals surface area contributed by atoms with Gasteiger partial charge in [-0.15, -0.1) is 46.4 Å². The monoisotopic (exact) mass is 690 g/mol. The number of amides is 1. The molecule has 4 fully saturated rings. The first kappa shape index (κ1) is 35.7.